The van der Waals surface area contributed by atoms with Crippen LogP contribution in [0.5, 0.6) is 0 Å². The summed E-state index contributed by atoms with van der Waals surface area (Å²) < 4.78 is 11.6. The molecule has 2 heterocycles. The molecule has 1 atom stereocenters. The molecule has 0 unspecified atom stereocenters. The van der Waals surface area contributed by atoms with E-state index in [1.165, 1.54) is 0 Å². The predicted molar refractivity (Wildman–Crippen MR) is 149 cm³/mol. The van der Waals surface area contributed by atoms with Gasteiger partial charge in [-0.3, -0.25) is 9.69 Å². The maximum Gasteiger partial charge on any atom is 0.328 e. The molecule has 10 nitrogen and oxygen atoms in total. The summed E-state index contributed by atoms with van der Waals surface area (Å²) in [6, 6.07) is 15.3. The van der Waals surface area contributed by atoms with Gasteiger partial charge in [0.15, 0.2) is 0 Å². The van der Waals surface area contributed by atoms with E-state index in [-0.39, 0.29) is 18.4 Å². The number of aliphatic carboxylic acids is 2. The fourth-order valence-electron chi connectivity index (χ4n) is 3.82. The van der Waals surface area contributed by atoms with Crippen molar-refractivity contribution in [1.82, 2.24) is 15.2 Å². The zero-order valence-corrected chi connectivity index (χ0v) is 23.2. The van der Waals surface area contributed by atoms with Gasteiger partial charge in [-0.15, -0.1) is 0 Å². The predicted octanol–water partition coefficient (Wildman–Crippen LogP) is 4.23. The summed E-state index contributed by atoms with van der Waals surface area (Å²) in [6.45, 7) is 5.19. The van der Waals surface area contributed by atoms with E-state index < -0.39 is 11.9 Å². The molecule has 40 heavy (non-hydrogen) atoms. The fourth-order valence-corrected chi connectivity index (χ4v) is 4.15. The van der Waals surface area contributed by atoms with Crippen LogP contribution in [0.25, 0.3) is 11.5 Å². The Hall–Kier alpha value is -3.70. The van der Waals surface area contributed by atoms with Gasteiger partial charge in [-0.25, -0.2) is 14.6 Å². The number of carbonyl (C=O) groups is 3. The Balaban J connectivity index is 0.000000482. The van der Waals surface area contributed by atoms with Crippen molar-refractivity contribution in [3.05, 3.63) is 87.7 Å². The number of halogens is 2. The zero-order chi connectivity index (χ0) is 29.1. The molecule has 1 aromatic heterocycles. The van der Waals surface area contributed by atoms with Gasteiger partial charge in [0.05, 0.1) is 34.9 Å². The summed E-state index contributed by atoms with van der Waals surface area (Å²) in [7, 11) is 0. The first-order valence-corrected chi connectivity index (χ1v) is 13.1. The third-order valence-corrected chi connectivity index (χ3v) is 6.49. The van der Waals surface area contributed by atoms with E-state index in [1.54, 1.807) is 0 Å². The lowest BCUT2D eigenvalue weighted by Gasteiger charge is -2.33. The number of ether oxygens (including phenoxy) is 1. The normalized spacial score (nSPS) is 15.3. The van der Waals surface area contributed by atoms with Gasteiger partial charge in [0.2, 0.25) is 11.8 Å². The molecule has 0 aliphatic carbocycles. The molecule has 212 valence electrons. The first-order valence-electron chi connectivity index (χ1n) is 12.3. The highest BCUT2D eigenvalue weighted by molar-refractivity contribution is 6.42. The van der Waals surface area contributed by atoms with E-state index in [1.807, 2.05) is 55.5 Å². The minimum atomic E-state index is -1.26. The Labute approximate surface area is 241 Å². The summed E-state index contributed by atoms with van der Waals surface area (Å²) in [5.74, 6) is -1.44. The number of rotatable bonds is 9. The number of hydrogen-bond donors (Lipinski definition) is 3. The van der Waals surface area contributed by atoms with Crippen LogP contribution in [0.15, 0.2) is 65.1 Å². The molecular weight excluding hydrogens is 561 g/mol. The molecule has 1 aliphatic heterocycles. The number of hydrogen-bond acceptors (Lipinski definition) is 7. The Morgan fingerprint density at radius 2 is 1.77 bits per heavy atom. The first kappa shape index (κ1) is 30.8. The number of nitrogens with one attached hydrogen (secondary N) is 1. The number of benzene rings is 2. The van der Waals surface area contributed by atoms with E-state index in [0.29, 0.717) is 52.7 Å². The number of morpholine rings is 1. The quantitative estimate of drug-likeness (QED) is 0.312. The average Bonchev–Trinajstić information content (AvgIpc) is 3.29. The molecule has 1 saturated heterocycles. The van der Waals surface area contributed by atoms with Gasteiger partial charge in [-0.1, -0.05) is 47.5 Å². The number of aromatic nitrogens is 1. The highest BCUT2D eigenvalue weighted by Crippen LogP contribution is 2.24. The molecule has 1 aliphatic rings. The number of carboxylic acid groups (broad SMARTS) is 2. The SMILES string of the molecule is Cc1oc(-c2ccccc2)nc1CC(=O)NC[C@H]1CN(Cc2ccc(Cl)c(Cl)c2)CCO1.O=C(O)C=CC(=O)O. The van der Waals surface area contributed by atoms with Crippen molar-refractivity contribution in [3.63, 3.8) is 0 Å². The van der Waals surface area contributed by atoms with Gasteiger partial charge in [0.1, 0.15) is 5.76 Å². The van der Waals surface area contributed by atoms with Crippen molar-refractivity contribution in [3.8, 4) is 11.5 Å². The third kappa shape index (κ3) is 10.1. The van der Waals surface area contributed by atoms with Crippen LogP contribution in [-0.4, -0.2) is 70.3 Å². The maximum absolute atomic E-state index is 12.5. The number of nitrogens with zero attached hydrogens (tertiary/aromatic N) is 2. The van der Waals surface area contributed by atoms with Gasteiger partial charge in [0, 0.05) is 43.9 Å². The molecule has 0 bridgehead atoms. The highest BCUT2D eigenvalue weighted by Gasteiger charge is 2.22. The molecule has 0 saturated carbocycles. The summed E-state index contributed by atoms with van der Waals surface area (Å²) in [4.78, 5) is 38.4. The summed E-state index contributed by atoms with van der Waals surface area (Å²) in [5.41, 5.74) is 2.63. The Bertz CT molecular complexity index is 1330. The Morgan fingerprint density at radius 1 is 1.07 bits per heavy atom. The number of aryl methyl sites for hydroxylation is 1. The average molecular weight is 590 g/mol. The molecule has 3 aromatic rings. The Morgan fingerprint density at radius 3 is 2.42 bits per heavy atom. The summed E-state index contributed by atoms with van der Waals surface area (Å²) >= 11 is 12.1. The van der Waals surface area contributed by atoms with Crippen molar-refractivity contribution in [2.75, 3.05) is 26.2 Å². The second-order valence-electron chi connectivity index (χ2n) is 8.85. The molecule has 3 N–H and O–H groups in total. The molecule has 0 radical (unpaired) electrons. The lowest BCUT2D eigenvalue weighted by Crippen LogP contribution is -2.47. The van der Waals surface area contributed by atoms with E-state index in [9.17, 15) is 14.4 Å². The minimum Gasteiger partial charge on any atom is -0.478 e. The maximum atomic E-state index is 12.5. The van der Waals surface area contributed by atoms with Crippen LogP contribution in [0.2, 0.25) is 10.0 Å². The smallest absolute Gasteiger partial charge is 0.328 e. The number of oxazole rings is 1. The van der Waals surface area contributed by atoms with Crippen LogP contribution in [-0.2, 0) is 32.1 Å². The van der Waals surface area contributed by atoms with Gasteiger partial charge in [-0.05, 0) is 36.8 Å². The van der Waals surface area contributed by atoms with Crippen molar-refractivity contribution >= 4 is 41.0 Å². The molecule has 0 spiro atoms. The largest absolute Gasteiger partial charge is 0.478 e. The third-order valence-electron chi connectivity index (χ3n) is 5.75. The molecule has 12 heteroatoms. The lowest BCUT2D eigenvalue weighted by molar-refractivity contribution is -0.134. The number of carboxylic acids is 2. The number of amides is 1. The minimum absolute atomic E-state index is 0.0752. The second kappa shape index (κ2) is 15.2. The number of carbonyl (C=O) groups excluding carboxylic acids is 1. The van der Waals surface area contributed by atoms with Gasteiger partial charge in [0.25, 0.3) is 0 Å². The van der Waals surface area contributed by atoms with Gasteiger partial charge in [-0.2, -0.15) is 0 Å². The zero-order valence-electron chi connectivity index (χ0n) is 21.7. The van der Waals surface area contributed by atoms with Crippen molar-refractivity contribution in [2.45, 2.75) is 26.0 Å². The summed E-state index contributed by atoms with van der Waals surface area (Å²) in [6.07, 6.45) is 1.21. The van der Waals surface area contributed by atoms with Crippen LogP contribution in [0.1, 0.15) is 17.0 Å². The molecule has 4 rings (SSSR count). The van der Waals surface area contributed by atoms with Crippen LogP contribution >= 0.6 is 23.2 Å². The van der Waals surface area contributed by atoms with E-state index in [4.69, 9.17) is 42.6 Å². The van der Waals surface area contributed by atoms with Gasteiger partial charge < -0.3 is 24.7 Å². The Kier molecular flexibility index (Phi) is 11.7. The topological polar surface area (TPSA) is 142 Å². The molecule has 2 aromatic carbocycles. The van der Waals surface area contributed by atoms with Crippen molar-refractivity contribution in [2.24, 2.45) is 0 Å². The van der Waals surface area contributed by atoms with Crippen LogP contribution in [0, 0.1) is 6.92 Å². The summed E-state index contributed by atoms with van der Waals surface area (Å²) in [5, 5.41) is 19.7. The first-order chi connectivity index (χ1) is 19.1. The monoisotopic (exact) mass is 589 g/mol. The van der Waals surface area contributed by atoms with E-state index in [0.717, 1.165) is 30.8 Å². The lowest BCUT2D eigenvalue weighted by atomic mass is 10.2. The molecular formula is C28H29Cl2N3O7. The second-order valence-corrected chi connectivity index (χ2v) is 9.67. The molecule has 1 amide bonds. The highest BCUT2D eigenvalue weighted by atomic mass is 35.5. The van der Waals surface area contributed by atoms with Crippen molar-refractivity contribution in [1.29, 1.82) is 0 Å². The van der Waals surface area contributed by atoms with Gasteiger partial charge >= 0.3 is 11.9 Å². The standard InChI is InChI=1S/C24H25Cl2N3O3.C4H4O4/c1-16-22(28-24(32-16)18-5-3-2-4-6-18)12-23(30)27-13-19-15-29(9-10-31-19)14-17-7-8-20(25)21(26)11-17;5-3(6)1-2-4(7)8/h2-8,11,19H,9-10,12-15H2,1H3,(H,27,30);1-2H,(H,5,6)(H,7,8)/t19-;/m0./s1. The van der Waals surface area contributed by atoms with Crippen LogP contribution < -0.4 is 5.32 Å². The fraction of sp³-hybridized carbons (Fsp3) is 0.286. The molecule has 1 fully saturated rings. The van der Waals surface area contributed by atoms with E-state index in [2.05, 4.69) is 15.2 Å². The van der Waals surface area contributed by atoms with E-state index >= 15 is 0 Å². The van der Waals surface area contributed by atoms with Crippen molar-refractivity contribution < 1.29 is 33.8 Å². The van der Waals surface area contributed by atoms with Crippen LogP contribution in [0.3, 0.4) is 0 Å². The van der Waals surface area contributed by atoms with Crippen LogP contribution in [0.4, 0.5) is 0 Å².